The molecule has 3 N–H and O–H groups in total. The Kier molecular flexibility index (Phi) is 5.13. The SMILES string of the molecule is CCCCC(CN)Nc1nc(C(F)(F)F)ns1. The average molecular weight is 268 g/mol. The lowest BCUT2D eigenvalue weighted by Gasteiger charge is -2.14. The molecule has 0 saturated carbocycles. The Hall–Kier alpha value is -0.890. The summed E-state index contributed by atoms with van der Waals surface area (Å²) in [5.41, 5.74) is 5.53. The average Bonchev–Trinajstić information content (AvgIpc) is 2.72. The Bertz CT molecular complexity index is 339. The van der Waals surface area contributed by atoms with Crippen molar-refractivity contribution in [3.05, 3.63) is 5.82 Å². The smallest absolute Gasteiger partial charge is 0.356 e. The first-order valence-corrected chi connectivity index (χ1v) is 6.12. The maximum Gasteiger partial charge on any atom is 0.452 e. The number of hydrogen-bond donors (Lipinski definition) is 2. The molecule has 0 spiro atoms. The van der Waals surface area contributed by atoms with Crippen LogP contribution in [0.5, 0.6) is 0 Å². The Morgan fingerprint density at radius 2 is 2.18 bits per heavy atom. The summed E-state index contributed by atoms with van der Waals surface area (Å²) in [6.45, 7) is 2.40. The van der Waals surface area contributed by atoms with Crippen molar-refractivity contribution in [2.24, 2.45) is 5.73 Å². The molecule has 0 fully saturated rings. The van der Waals surface area contributed by atoms with Gasteiger partial charge in [-0.25, -0.2) is 0 Å². The zero-order valence-corrected chi connectivity index (χ0v) is 10.2. The van der Waals surface area contributed by atoms with Crippen LogP contribution in [0.15, 0.2) is 0 Å². The number of nitrogens with zero attached hydrogens (tertiary/aromatic N) is 2. The van der Waals surface area contributed by atoms with Crippen LogP contribution in [-0.2, 0) is 6.18 Å². The van der Waals surface area contributed by atoms with Crippen LogP contribution in [0.25, 0.3) is 0 Å². The highest BCUT2D eigenvalue weighted by Gasteiger charge is 2.36. The van der Waals surface area contributed by atoms with Crippen molar-refractivity contribution in [2.75, 3.05) is 11.9 Å². The van der Waals surface area contributed by atoms with E-state index in [4.69, 9.17) is 5.73 Å². The Morgan fingerprint density at radius 1 is 1.47 bits per heavy atom. The molecule has 0 radical (unpaired) electrons. The molecule has 17 heavy (non-hydrogen) atoms. The van der Waals surface area contributed by atoms with E-state index in [-0.39, 0.29) is 11.2 Å². The van der Waals surface area contributed by atoms with Gasteiger partial charge in [-0.05, 0) is 6.42 Å². The first-order valence-electron chi connectivity index (χ1n) is 5.34. The highest BCUT2D eigenvalue weighted by atomic mass is 32.1. The Balaban J connectivity index is 2.58. The van der Waals surface area contributed by atoms with E-state index in [2.05, 4.69) is 14.7 Å². The third-order valence-electron chi connectivity index (χ3n) is 2.20. The summed E-state index contributed by atoms with van der Waals surface area (Å²) < 4.78 is 40.0. The summed E-state index contributed by atoms with van der Waals surface area (Å²) in [5, 5.41) is 3.05. The van der Waals surface area contributed by atoms with E-state index in [0.29, 0.717) is 18.1 Å². The number of halogens is 3. The molecule has 0 bridgehead atoms. The standard InChI is InChI=1S/C9H15F3N4S/c1-2-3-4-6(5-13)14-8-15-7(16-17-8)9(10,11)12/h6H,2-5,13H2,1H3,(H,14,15,16). The first-order chi connectivity index (χ1) is 7.97. The van der Waals surface area contributed by atoms with Crippen molar-refractivity contribution >= 4 is 16.7 Å². The third-order valence-corrected chi connectivity index (χ3v) is 2.84. The fourth-order valence-electron chi connectivity index (χ4n) is 1.27. The Labute approximate surface area is 102 Å². The largest absolute Gasteiger partial charge is 0.452 e. The number of hydrogen-bond acceptors (Lipinski definition) is 5. The van der Waals surface area contributed by atoms with Gasteiger partial charge in [0, 0.05) is 24.1 Å². The van der Waals surface area contributed by atoms with E-state index >= 15 is 0 Å². The molecule has 4 nitrogen and oxygen atoms in total. The van der Waals surface area contributed by atoms with E-state index in [0.717, 1.165) is 19.3 Å². The van der Waals surface area contributed by atoms with Crippen molar-refractivity contribution in [2.45, 2.75) is 38.4 Å². The molecular weight excluding hydrogens is 253 g/mol. The zero-order valence-electron chi connectivity index (χ0n) is 9.42. The fourth-order valence-corrected chi connectivity index (χ4v) is 1.94. The predicted octanol–water partition coefficient (Wildman–Crippen LogP) is 2.49. The lowest BCUT2D eigenvalue weighted by Crippen LogP contribution is -2.28. The number of nitrogens with one attached hydrogen (secondary N) is 1. The molecule has 0 saturated heterocycles. The van der Waals surface area contributed by atoms with Crippen LogP contribution in [-0.4, -0.2) is 21.9 Å². The lowest BCUT2D eigenvalue weighted by atomic mass is 10.1. The van der Waals surface area contributed by atoms with Gasteiger partial charge in [-0.15, -0.1) is 0 Å². The molecule has 0 aliphatic carbocycles. The minimum atomic E-state index is -4.49. The molecule has 0 aliphatic heterocycles. The van der Waals surface area contributed by atoms with E-state index in [1.807, 2.05) is 6.92 Å². The van der Waals surface area contributed by atoms with Crippen LogP contribution in [0.2, 0.25) is 0 Å². The van der Waals surface area contributed by atoms with Gasteiger partial charge in [0.15, 0.2) is 0 Å². The van der Waals surface area contributed by atoms with Gasteiger partial charge in [-0.3, -0.25) is 0 Å². The van der Waals surface area contributed by atoms with E-state index in [1.165, 1.54) is 0 Å². The number of anilines is 1. The summed E-state index contributed by atoms with van der Waals surface area (Å²) in [7, 11) is 0. The maximum atomic E-state index is 12.3. The van der Waals surface area contributed by atoms with Gasteiger partial charge in [-0.2, -0.15) is 22.5 Å². The number of aromatic nitrogens is 2. The van der Waals surface area contributed by atoms with Crippen molar-refractivity contribution < 1.29 is 13.2 Å². The topological polar surface area (TPSA) is 63.8 Å². The molecule has 1 unspecified atom stereocenters. The number of alkyl halides is 3. The second-order valence-corrected chi connectivity index (χ2v) is 4.39. The van der Waals surface area contributed by atoms with Crippen molar-refractivity contribution in [1.29, 1.82) is 0 Å². The van der Waals surface area contributed by atoms with Gasteiger partial charge in [-0.1, -0.05) is 19.8 Å². The van der Waals surface area contributed by atoms with Gasteiger partial charge < -0.3 is 11.1 Å². The van der Waals surface area contributed by atoms with E-state index < -0.39 is 12.0 Å². The number of unbranched alkanes of at least 4 members (excludes halogenated alkanes) is 1. The first kappa shape index (κ1) is 14.2. The van der Waals surface area contributed by atoms with Gasteiger partial charge in [0.25, 0.3) is 0 Å². The monoisotopic (exact) mass is 268 g/mol. The van der Waals surface area contributed by atoms with Crippen molar-refractivity contribution in [3.8, 4) is 0 Å². The van der Waals surface area contributed by atoms with Crippen molar-refractivity contribution in [1.82, 2.24) is 9.36 Å². The van der Waals surface area contributed by atoms with Gasteiger partial charge in [0.2, 0.25) is 11.0 Å². The highest BCUT2D eigenvalue weighted by Crippen LogP contribution is 2.29. The van der Waals surface area contributed by atoms with Crippen LogP contribution in [0, 0.1) is 0 Å². The third kappa shape index (κ3) is 4.47. The van der Waals surface area contributed by atoms with Crippen LogP contribution in [0.4, 0.5) is 18.3 Å². The zero-order chi connectivity index (χ0) is 12.9. The molecule has 1 rings (SSSR count). The Morgan fingerprint density at radius 3 is 2.65 bits per heavy atom. The van der Waals surface area contributed by atoms with Gasteiger partial charge in [0.05, 0.1) is 0 Å². The van der Waals surface area contributed by atoms with Crippen LogP contribution < -0.4 is 11.1 Å². The summed E-state index contributed by atoms with van der Waals surface area (Å²) in [6, 6.07) is -0.0519. The second-order valence-electron chi connectivity index (χ2n) is 3.64. The molecular formula is C9H15F3N4S. The minimum absolute atomic E-state index is 0.0519. The molecule has 1 aromatic rings. The molecule has 0 amide bonds. The molecule has 0 aliphatic rings. The molecule has 1 heterocycles. The molecule has 1 aromatic heterocycles. The normalized spacial score (nSPS) is 13.7. The second kappa shape index (κ2) is 6.15. The van der Waals surface area contributed by atoms with Crippen molar-refractivity contribution in [3.63, 3.8) is 0 Å². The minimum Gasteiger partial charge on any atom is -0.356 e. The fraction of sp³-hybridized carbons (Fsp3) is 0.778. The number of rotatable bonds is 6. The summed E-state index contributed by atoms with van der Waals surface area (Å²) >= 11 is 0.706. The van der Waals surface area contributed by atoms with E-state index in [1.54, 1.807) is 0 Å². The molecule has 8 heteroatoms. The highest BCUT2D eigenvalue weighted by molar-refractivity contribution is 7.09. The summed E-state index contributed by atoms with van der Waals surface area (Å²) in [4.78, 5) is 3.39. The van der Waals surface area contributed by atoms with Gasteiger partial charge >= 0.3 is 6.18 Å². The number of nitrogens with two attached hydrogens (primary N) is 1. The predicted molar refractivity (Wildman–Crippen MR) is 60.9 cm³/mol. The van der Waals surface area contributed by atoms with Crippen LogP contribution >= 0.6 is 11.5 Å². The summed E-state index contributed by atoms with van der Waals surface area (Å²) in [5.74, 6) is -1.10. The lowest BCUT2D eigenvalue weighted by molar-refractivity contribution is -0.144. The van der Waals surface area contributed by atoms with Crippen LogP contribution in [0.3, 0.4) is 0 Å². The quantitative estimate of drug-likeness (QED) is 0.832. The molecule has 1 atom stereocenters. The molecule has 98 valence electrons. The maximum absolute atomic E-state index is 12.3. The van der Waals surface area contributed by atoms with Crippen LogP contribution in [0.1, 0.15) is 32.0 Å². The summed E-state index contributed by atoms with van der Waals surface area (Å²) in [6.07, 6.45) is -1.69. The van der Waals surface area contributed by atoms with Gasteiger partial charge in [0.1, 0.15) is 0 Å². The van der Waals surface area contributed by atoms with E-state index in [9.17, 15) is 13.2 Å². The molecule has 0 aromatic carbocycles.